The Balaban J connectivity index is 5.53. The van der Waals surface area contributed by atoms with Gasteiger partial charge in [0.05, 0.1) is 0 Å². The van der Waals surface area contributed by atoms with E-state index >= 15 is 0 Å². The molecule has 0 aromatic heterocycles. The fraction of sp³-hybridized carbons (Fsp3) is 0.979. The van der Waals surface area contributed by atoms with Crippen molar-refractivity contribution in [3.63, 3.8) is 0 Å². The first kappa shape index (κ1) is 51.0. The second-order valence-electron chi connectivity index (χ2n) is 16.9. The highest BCUT2D eigenvalue weighted by Crippen LogP contribution is 2.26. The summed E-state index contributed by atoms with van der Waals surface area (Å²) in [6, 6.07) is 0. The van der Waals surface area contributed by atoms with Crippen LogP contribution in [0.25, 0.3) is 0 Å². The van der Waals surface area contributed by atoms with E-state index in [1.54, 1.807) is 0 Å². The van der Waals surface area contributed by atoms with E-state index in [0.717, 1.165) is 31.3 Å². The molecule has 0 bridgehead atoms. The highest BCUT2D eigenvalue weighted by molar-refractivity contribution is 9.09. The van der Waals surface area contributed by atoms with E-state index in [-0.39, 0.29) is 0 Å². The monoisotopic (exact) mass is 782 g/mol. The van der Waals surface area contributed by atoms with E-state index in [2.05, 4.69) is 48.5 Å². The number of rotatable bonds is 43. The quantitative estimate of drug-likeness (QED) is 0.0446. The molecule has 0 fully saturated rings. The minimum Gasteiger partial charge on any atom is -0.342 e. The van der Waals surface area contributed by atoms with Gasteiger partial charge in [0, 0.05) is 24.8 Å². The van der Waals surface area contributed by atoms with E-state index in [1.807, 2.05) is 0 Å². The van der Waals surface area contributed by atoms with Crippen LogP contribution in [0.5, 0.6) is 0 Å². The number of halogens is 1. The van der Waals surface area contributed by atoms with E-state index < -0.39 is 0 Å². The highest BCUT2D eigenvalue weighted by atomic mass is 79.9. The lowest BCUT2D eigenvalue weighted by atomic mass is 9.91. The second-order valence-corrected chi connectivity index (χ2v) is 17.7. The summed E-state index contributed by atoms with van der Waals surface area (Å²) in [5, 5.41) is 1.11. The number of alkyl halides is 1. The van der Waals surface area contributed by atoms with Gasteiger partial charge in [0.15, 0.2) is 0 Å². The van der Waals surface area contributed by atoms with Crippen LogP contribution in [0.3, 0.4) is 0 Å². The van der Waals surface area contributed by atoms with Crippen molar-refractivity contribution in [2.24, 2.45) is 11.8 Å². The van der Waals surface area contributed by atoms with Crippen LogP contribution in [-0.2, 0) is 4.79 Å². The summed E-state index contributed by atoms with van der Waals surface area (Å²) < 4.78 is 0. The van der Waals surface area contributed by atoms with Gasteiger partial charge in [0.2, 0.25) is 5.91 Å². The Bertz CT molecular complexity index is 626. The lowest BCUT2D eigenvalue weighted by molar-refractivity contribution is -0.132. The van der Waals surface area contributed by atoms with Crippen molar-refractivity contribution in [3.05, 3.63) is 0 Å². The predicted octanol–water partition coefficient (Wildman–Crippen LogP) is 17.3. The first-order chi connectivity index (χ1) is 25.1. The Morgan fingerprint density at radius 1 is 0.373 bits per heavy atom. The molecule has 0 spiro atoms. The first-order valence-electron chi connectivity index (χ1n) is 24.0. The molecule has 51 heavy (non-hydrogen) atoms. The minimum absolute atomic E-state index is 0.489. The zero-order chi connectivity index (χ0) is 37.3. The molecular weight excluding hydrogens is 686 g/mol. The van der Waals surface area contributed by atoms with Crippen LogP contribution in [-0.4, -0.2) is 29.2 Å². The summed E-state index contributed by atoms with van der Waals surface area (Å²) in [6.45, 7) is 11.4. The van der Waals surface area contributed by atoms with Crippen molar-refractivity contribution < 1.29 is 4.79 Å². The van der Waals surface area contributed by atoms with Gasteiger partial charge in [-0.3, -0.25) is 4.79 Å². The maximum absolute atomic E-state index is 14.1. The molecule has 0 rings (SSSR count). The molecule has 0 saturated heterocycles. The van der Waals surface area contributed by atoms with Crippen molar-refractivity contribution in [1.29, 1.82) is 0 Å². The second kappa shape index (κ2) is 42.7. The zero-order valence-corrected chi connectivity index (χ0v) is 37.5. The van der Waals surface area contributed by atoms with Crippen molar-refractivity contribution in [3.8, 4) is 0 Å². The Morgan fingerprint density at radius 3 is 0.922 bits per heavy atom. The fourth-order valence-electron chi connectivity index (χ4n) is 8.17. The highest BCUT2D eigenvalue weighted by Gasteiger charge is 2.22. The average molecular weight is 783 g/mol. The van der Waals surface area contributed by atoms with Gasteiger partial charge in [-0.1, -0.05) is 243 Å². The number of hydrogen-bond donors (Lipinski definition) is 0. The minimum atomic E-state index is 0.489. The maximum atomic E-state index is 14.1. The molecule has 2 unspecified atom stereocenters. The van der Waals surface area contributed by atoms with Crippen LogP contribution in [0.2, 0.25) is 0 Å². The molecule has 3 heteroatoms. The van der Waals surface area contributed by atoms with Crippen LogP contribution in [0, 0.1) is 11.8 Å². The zero-order valence-electron chi connectivity index (χ0n) is 35.9. The smallest absolute Gasteiger partial charge is 0.222 e. The summed E-state index contributed by atoms with van der Waals surface area (Å²) in [5.41, 5.74) is 0. The number of hydrogen-bond acceptors (Lipinski definition) is 1. The molecule has 0 aromatic carbocycles. The SMILES string of the molecule is CCCCCCCCCCC(CCCCCCCC)CN(CC(CCCCCCCC)CCCCCCCCCC)C(=O)CCCCCCCBr. The molecule has 0 N–H and O–H groups in total. The Labute approximate surface area is 332 Å². The molecule has 0 aliphatic rings. The standard InChI is InChI=1S/C48H96BrNO/c1-5-9-13-17-21-23-28-34-40-46(38-32-26-19-15-11-7-3)44-50(48(51)42-36-30-25-31-37-43-49)45-47(39-33-27-20-16-12-8-4)41-35-29-24-22-18-14-10-6-2/h46-47H,5-45H2,1-4H3. The van der Waals surface area contributed by atoms with E-state index in [4.69, 9.17) is 0 Å². The third-order valence-corrected chi connectivity index (χ3v) is 12.3. The number of amides is 1. The van der Waals surface area contributed by atoms with Gasteiger partial charge in [0.1, 0.15) is 0 Å². The lowest BCUT2D eigenvalue weighted by Gasteiger charge is -2.32. The van der Waals surface area contributed by atoms with Crippen molar-refractivity contribution in [1.82, 2.24) is 4.90 Å². The molecular formula is C48H96BrNO. The fourth-order valence-corrected chi connectivity index (χ4v) is 8.57. The van der Waals surface area contributed by atoms with Gasteiger partial charge >= 0.3 is 0 Å². The normalized spacial score (nSPS) is 12.8. The van der Waals surface area contributed by atoms with E-state index in [0.29, 0.717) is 17.7 Å². The molecule has 2 nitrogen and oxygen atoms in total. The predicted molar refractivity (Wildman–Crippen MR) is 235 cm³/mol. The van der Waals surface area contributed by atoms with E-state index in [9.17, 15) is 4.79 Å². The lowest BCUT2D eigenvalue weighted by Crippen LogP contribution is -2.39. The first-order valence-corrected chi connectivity index (χ1v) is 25.1. The molecule has 1 amide bonds. The van der Waals surface area contributed by atoms with Crippen LogP contribution in [0.4, 0.5) is 0 Å². The number of carbonyl (C=O) groups excluding carboxylic acids is 1. The third-order valence-electron chi connectivity index (χ3n) is 11.7. The van der Waals surface area contributed by atoms with Crippen molar-refractivity contribution in [2.75, 3.05) is 18.4 Å². The van der Waals surface area contributed by atoms with Gasteiger partial charge in [-0.05, 0) is 50.4 Å². The summed E-state index contributed by atoms with van der Waals surface area (Å²) in [4.78, 5) is 16.6. The average Bonchev–Trinajstić information content (AvgIpc) is 3.13. The van der Waals surface area contributed by atoms with Gasteiger partial charge in [-0.2, -0.15) is 0 Å². The van der Waals surface area contributed by atoms with Crippen LogP contribution >= 0.6 is 15.9 Å². The van der Waals surface area contributed by atoms with Crippen molar-refractivity contribution in [2.45, 2.75) is 272 Å². The van der Waals surface area contributed by atoms with Gasteiger partial charge in [-0.15, -0.1) is 0 Å². The molecule has 2 atom stereocenters. The van der Waals surface area contributed by atoms with Gasteiger partial charge in [0.25, 0.3) is 0 Å². The number of carbonyl (C=O) groups is 1. The molecule has 0 radical (unpaired) electrons. The molecule has 306 valence electrons. The van der Waals surface area contributed by atoms with Gasteiger partial charge < -0.3 is 4.90 Å². The Hall–Kier alpha value is -0.0500. The third kappa shape index (κ3) is 36.7. The molecule has 0 aromatic rings. The van der Waals surface area contributed by atoms with E-state index in [1.165, 1.54) is 231 Å². The van der Waals surface area contributed by atoms with Crippen LogP contribution in [0.1, 0.15) is 272 Å². The summed E-state index contributed by atoms with van der Waals surface area (Å²) in [7, 11) is 0. The van der Waals surface area contributed by atoms with Crippen LogP contribution < -0.4 is 0 Å². The number of nitrogens with zero attached hydrogens (tertiary/aromatic N) is 1. The molecule has 0 heterocycles. The molecule has 0 saturated carbocycles. The summed E-state index contributed by atoms with van der Waals surface area (Å²) in [5.74, 6) is 1.87. The topological polar surface area (TPSA) is 20.3 Å². The van der Waals surface area contributed by atoms with Crippen LogP contribution in [0.15, 0.2) is 0 Å². The largest absolute Gasteiger partial charge is 0.342 e. The maximum Gasteiger partial charge on any atom is 0.222 e. The molecule has 0 aliphatic carbocycles. The van der Waals surface area contributed by atoms with Crippen molar-refractivity contribution >= 4 is 21.8 Å². The Kier molecular flexibility index (Phi) is 42.6. The molecule has 0 aliphatic heterocycles. The summed E-state index contributed by atoms with van der Waals surface area (Å²) >= 11 is 3.59. The Morgan fingerprint density at radius 2 is 0.627 bits per heavy atom. The summed E-state index contributed by atoms with van der Waals surface area (Å²) in [6.07, 6.45) is 51.1. The number of unbranched alkanes of at least 4 members (excludes halogenated alkanes) is 28. The van der Waals surface area contributed by atoms with Gasteiger partial charge in [-0.25, -0.2) is 0 Å².